The largest absolute Gasteiger partial charge is 1.00 e. The molecule has 2 amide bonds. The van der Waals surface area contributed by atoms with Crippen LogP contribution >= 0.6 is 11.8 Å². The third kappa shape index (κ3) is 5.81. The van der Waals surface area contributed by atoms with Crippen LogP contribution in [-0.2, 0) is 26.3 Å². The molecule has 1 saturated heterocycles. The average Bonchev–Trinajstić information content (AvgIpc) is 3.39. The minimum atomic E-state index is -0.537. The number of benzene rings is 2. The highest BCUT2D eigenvalue weighted by Gasteiger charge is 2.32. The number of fused-ring (bicyclic) bond motifs is 2. The Labute approximate surface area is 226 Å². The van der Waals surface area contributed by atoms with Crippen molar-refractivity contribution in [3.05, 3.63) is 71.4 Å². The summed E-state index contributed by atoms with van der Waals surface area (Å²) in [7, 11) is 2.06. The van der Waals surface area contributed by atoms with Crippen molar-refractivity contribution in [2.24, 2.45) is 7.05 Å². The van der Waals surface area contributed by atoms with Crippen LogP contribution < -0.4 is 21.9 Å². The van der Waals surface area contributed by atoms with Gasteiger partial charge in [0, 0.05) is 42.8 Å². The predicted octanol–water partition coefficient (Wildman–Crippen LogP) is 1.75. The van der Waals surface area contributed by atoms with E-state index in [1.54, 1.807) is 11.8 Å². The molecule has 0 saturated carbocycles. The van der Waals surface area contributed by atoms with Crippen LogP contribution in [-0.4, -0.2) is 29.4 Å². The van der Waals surface area contributed by atoms with Crippen molar-refractivity contribution in [1.82, 2.24) is 5.06 Å². The van der Waals surface area contributed by atoms with Crippen LogP contribution in [0.5, 0.6) is 0 Å². The molecule has 37 heavy (non-hydrogen) atoms. The zero-order valence-corrected chi connectivity index (χ0v) is 22.1. The zero-order chi connectivity index (χ0) is 25.1. The monoisotopic (exact) mass is 537 g/mol. The van der Waals surface area contributed by atoms with Gasteiger partial charge in [-0.25, -0.2) is 9.36 Å². The normalized spacial score (nSPS) is 15.9. The van der Waals surface area contributed by atoms with Crippen molar-refractivity contribution in [3.63, 3.8) is 0 Å². The lowest BCUT2D eigenvalue weighted by Gasteiger charge is -2.20. The molecule has 2 aliphatic heterocycles. The number of nitrogens with zero attached hydrogens (tertiary/aromatic N) is 3. The first-order chi connectivity index (χ1) is 17.5. The van der Waals surface area contributed by atoms with Crippen LogP contribution in [0.3, 0.4) is 0 Å². The van der Waals surface area contributed by atoms with Crippen molar-refractivity contribution in [3.8, 4) is 0 Å². The Morgan fingerprint density at radius 3 is 2.54 bits per heavy atom. The molecule has 3 aromatic rings. The number of hydroxylamine groups is 2. The minimum absolute atomic E-state index is 0. The van der Waals surface area contributed by atoms with Crippen LogP contribution in [0.1, 0.15) is 44.1 Å². The van der Waals surface area contributed by atoms with E-state index in [2.05, 4.69) is 83.4 Å². The lowest BCUT2D eigenvalue weighted by molar-refractivity contribution is -0.644. The molecule has 0 aliphatic carbocycles. The van der Waals surface area contributed by atoms with E-state index in [1.807, 2.05) is 0 Å². The summed E-state index contributed by atoms with van der Waals surface area (Å²) in [6.45, 7) is 0.826. The van der Waals surface area contributed by atoms with Crippen LogP contribution in [0.25, 0.3) is 17.0 Å². The van der Waals surface area contributed by atoms with Gasteiger partial charge in [0.05, 0.1) is 16.1 Å². The number of thioether (sulfide) groups is 1. The summed E-state index contributed by atoms with van der Waals surface area (Å²) < 4.78 is 2.13. The van der Waals surface area contributed by atoms with Crippen LogP contribution in [0.2, 0.25) is 0 Å². The highest BCUT2D eigenvalue weighted by Crippen LogP contribution is 2.46. The summed E-state index contributed by atoms with van der Waals surface area (Å²) in [6.07, 6.45) is 7.10. The van der Waals surface area contributed by atoms with Gasteiger partial charge in [-0.3, -0.25) is 9.59 Å². The second kappa shape index (κ2) is 11.8. The van der Waals surface area contributed by atoms with Crippen LogP contribution in [0, 0.1) is 0 Å². The molecule has 1 aromatic heterocycles. The van der Waals surface area contributed by atoms with Crippen molar-refractivity contribution in [2.75, 3.05) is 11.4 Å². The minimum Gasteiger partial charge on any atom is -1.00 e. The molecule has 7 nitrogen and oxygen atoms in total. The maximum Gasteiger partial charge on any atom is 0.333 e. The number of aryl methyl sites for hydroxylation is 1. The number of unbranched alkanes of at least 4 members (excludes halogenated alkanes) is 2. The Morgan fingerprint density at radius 1 is 1.00 bits per heavy atom. The van der Waals surface area contributed by atoms with Crippen LogP contribution in [0.4, 0.5) is 5.69 Å². The molecule has 0 spiro atoms. The fourth-order valence-corrected chi connectivity index (χ4v) is 5.70. The van der Waals surface area contributed by atoms with Crippen molar-refractivity contribution >= 4 is 52.2 Å². The van der Waals surface area contributed by atoms with Gasteiger partial charge in [-0.15, -0.1) is 5.06 Å². The fourth-order valence-electron chi connectivity index (χ4n) is 4.56. The predicted molar refractivity (Wildman–Crippen MR) is 138 cm³/mol. The van der Waals surface area contributed by atoms with Gasteiger partial charge in [-0.1, -0.05) is 42.4 Å². The van der Waals surface area contributed by atoms with Gasteiger partial charge in [0.1, 0.15) is 7.05 Å². The molecule has 192 valence electrons. The van der Waals surface area contributed by atoms with E-state index in [9.17, 15) is 14.4 Å². The van der Waals surface area contributed by atoms with E-state index in [-0.39, 0.29) is 31.7 Å². The molecular formula is C28H28ClN3O4S. The summed E-state index contributed by atoms with van der Waals surface area (Å²) in [5.41, 5.74) is 3.56. The molecule has 1 fully saturated rings. The van der Waals surface area contributed by atoms with Gasteiger partial charge in [0.15, 0.2) is 6.20 Å². The second-order valence-electron chi connectivity index (χ2n) is 8.96. The summed E-state index contributed by atoms with van der Waals surface area (Å²) in [5, 5.41) is 3.01. The maximum atomic E-state index is 12.1. The number of anilines is 1. The fraction of sp³-hybridized carbons (Fsp3) is 0.286. The number of imide groups is 1. The Morgan fingerprint density at radius 2 is 1.73 bits per heavy atom. The SMILES string of the molecule is C[n+]1ccc(/C=C2/Sc3ccccc3N2CCCCCC(=O)ON2C(=O)CCC2=O)c2ccccc21.[Cl-]. The van der Waals surface area contributed by atoms with Gasteiger partial charge >= 0.3 is 5.97 Å². The molecule has 2 aromatic carbocycles. The van der Waals surface area contributed by atoms with Gasteiger partial charge in [0.2, 0.25) is 5.52 Å². The lowest BCUT2D eigenvalue weighted by atomic mass is 10.1. The second-order valence-corrected chi connectivity index (χ2v) is 10.0. The topological polar surface area (TPSA) is 70.8 Å². The number of halogens is 1. The van der Waals surface area contributed by atoms with Crippen molar-refractivity contribution in [1.29, 1.82) is 0 Å². The Bertz CT molecular complexity index is 1360. The molecular weight excluding hydrogens is 510 g/mol. The van der Waals surface area contributed by atoms with Crippen LogP contribution in [0.15, 0.2) is 70.7 Å². The number of rotatable bonds is 8. The molecule has 0 N–H and O–H groups in total. The van der Waals surface area contributed by atoms with Crippen molar-refractivity contribution in [2.45, 2.75) is 43.4 Å². The number of para-hydroxylation sites is 2. The van der Waals surface area contributed by atoms with E-state index in [1.165, 1.54) is 32.1 Å². The molecule has 3 heterocycles. The molecule has 2 aliphatic rings. The van der Waals surface area contributed by atoms with Crippen molar-refractivity contribution < 1.29 is 36.2 Å². The molecule has 0 bridgehead atoms. The zero-order valence-electron chi connectivity index (χ0n) is 20.6. The number of carbonyl (C=O) groups is 3. The third-order valence-corrected chi connectivity index (χ3v) is 7.56. The van der Waals surface area contributed by atoms with E-state index < -0.39 is 17.8 Å². The summed E-state index contributed by atoms with van der Waals surface area (Å²) in [6, 6.07) is 19.0. The van der Waals surface area contributed by atoms with Gasteiger partial charge < -0.3 is 22.1 Å². The number of pyridine rings is 1. The lowest BCUT2D eigenvalue weighted by Crippen LogP contribution is -3.00. The number of aromatic nitrogens is 1. The number of hydrogen-bond acceptors (Lipinski definition) is 6. The molecule has 0 radical (unpaired) electrons. The molecule has 9 heteroatoms. The van der Waals surface area contributed by atoms with Gasteiger partial charge in [0.25, 0.3) is 11.8 Å². The molecule has 0 atom stereocenters. The van der Waals surface area contributed by atoms with E-state index in [4.69, 9.17) is 4.84 Å². The number of carbonyl (C=O) groups excluding carboxylic acids is 3. The Balaban J connectivity index is 0.00000320. The summed E-state index contributed by atoms with van der Waals surface area (Å²) in [4.78, 5) is 43.8. The van der Waals surface area contributed by atoms with E-state index >= 15 is 0 Å². The highest BCUT2D eigenvalue weighted by molar-refractivity contribution is 8.03. The standard InChI is InChI=1S/C28H28N3O4S.ClH/c1-29-18-16-20(21-9-4-5-10-22(21)29)19-27-30(23-11-6-7-12-24(23)36-27)17-8-2-3-13-28(34)35-31-25(32)14-15-26(31)33;/h4-7,9-12,16,18-19H,2-3,8,13-15,17H2,1H3;1H/q+1;/p-1. The number of amides is 2. The summed E-state index contributed by atoms with van der Waals surface area (Å²) in [5.74, 6) is -1.43. The number of hydrogen-bond donors (Lipinski definition) is 0. The third-order valence-electron chi connectivity index (χ3n) is 6.45. The maximum absolute atomic E-state index is 12.1. The first kappa shape index (κ1) is 26.7. The Kier molecular flexibility index (Phi) is 8.51. The van der Waals surface area contributed by atoms with E-state index in [0.717, 1.165) is 19.4 Å². The highest BCUT2D eigenvalue weighted by atomic mass is 35.5. The smallest absolute Gasteiger partial charge is 0.333 e. The van der Waals surface area contributed by atoms with Gasteiger partial charge in [-0.2, -0.15) is 0 Å². The molecule has 5 rings (SSSR count). The summed E-state index contributed by atoms with van der Waals surface area (Å²) >= 11 is 1.78. The molecule has 0 unspecified atom stereocenters. The Hall–Kier alpha value is -3.36. The average molecular weight is 538 g/mol. The first-order valence-corrected chi connectivity index (χ1v) is 13.0. The quantitative estimate of drug-likeness (QED) is 0.248. The van der Waals surface area contributed by atoms with E-state index in [0.29, 0.717) is 11.5 Å². The van der Waals surface area contributed by atoms with Gasteiger partial charge in [-0.05, 0) is 42.7 Å². The first-order valence-electron chi connectivity index (χ1n) is 12.2.